The van der Waals surface area contributed by atoms with Crippen LogP contribution in [0.4, 0.5) is 4.39 Å². The molecule has 0 radical (unpaired) electrons. The first kappa shape index (κ1) is 19.8. The number of ether oxygens (including phenoxy) is 1. The van der Waals surface area contributed by atoms with Gasteiger partial charge in [-0.2, -0.15) is 8.42 Å². The fourth-order valence-corrected chi connectivity index (χ4v) is 2.64. The molecule has 8 heteroatoms. The maximum absolute atomic E-state index is 12.7. The molecule has 25 heavy (non-hydrogen) atoms. The largest absolute Gasteiger partial charge is 0.371 e. The molecule has 0 saturated carbocycles. The maximum Gasteiger partial charge on any atom is 0.294 e. The van der Waals surface area contributed by atoms with E-state index in [0.29, 0.717) is 11.6 Å². The topological polar surface area (TPSA) is 75.6 Å². The lowest BCUT2D eigenvalue weighted by molar-refractivity contribution is 0.00760. The third-order valence-electron chi connectivity index (χ3n) is 3.55. The average molecular weight is 388 g/mol. The van der Waals surface area contributed by atoms with Gasteiger partial charge in [-0.1, -0.05) is 35.4 Å². The zero-order valence-corrected chi connectivity index (χ0v) is 15.1. The Hall–Kier alpha value is -1.51. The number of hydrogen-bond acceptors (Lipinski definition) is 4. The lowest BCUT2D eigenvalue weighted by atomic mass is 10.2. The Bertz CT molecular complexity index is 808. The van der Waals surface area contributed by atoms with Gasteiger partial charge in [-0.15, -0.1) is 0 Å². The fraction of sp³-hybridized carbons (Fsp3) is 0.294. The van der Waals surface area contributed by atoms with Crippen molar-refractivity contribution < 1.29 is 22.1 Å². The highest BCUT2D eigenvalue weighted by molar-refractivity contribution is 7.85. The number of rotatable bonds is 4. The van der Waals surface area contributed by atoms with Crippen LogP contribution in [0.15, 0.2) is 47.4 Å². The Morgan fingerprint density at radius 1 is 1.24 bits per heavy atom. The van der Waals surface area contributed by atoms with Crippen molar-refractivity contribution in [3.8, 4) is 0 Å². The fourth-order valence-electron chi connectivity index (χ4n) is 1.94. The molecule has 136 valence electrons. The van der Waals surface area contributed by atoms with E-state index in [1.807, 2.05) is 6.92 Å². The minimum absolute atomic E-state index is 0.0666. The molecule has 3 rings (SSSR count). The van der Waals surface area contributed by atoms with E-state index in [9.17, 15) is 12.8 Å². The number of benzene rings is 2. The third kappa shape index (κ3) is 6.37. The summed E-state index contributed by atoms with van der Waals surface area (Å²) in [6.07, 6.45) is 0.274. The zero-order valence-electron chi connectivity index (χ0n) is 13.6. The van der Waals surface area contributed by atoms with Gasteiger partial charge in [-0.05, 0) is 36.8 Å². The van der Waals surface area contributed by atoms with Crippen LogP contribution in [0.5, 0.6) is 0 Å². The van der Waals surface area contributed by atoms with E-state index in [0.717, 1.165) is 24.2 Å². The van der Waals surface area contributed by atoms with Crippen molar-refractivity contribution >= 4 is 21.7 Å². The van der Waals surface area contributed by atoms with Gasteiger partial charge >= 0.3 is 0 Å². The van der Waals surface area contributed by atoms with Crippen molar-refractivity contribution in [1.29, 1.82) is 0 Å². The van der Waals surface area contributed by atoms with E-state index < -0.39 is 10.1 Å². The Morgan fingerprint density at radius 2 is 1.88 bits per heavy atom. The number of aryl methyl sites for hydroxylation is 1. The lowest BCUT2D eigenvalue weighted by Crippen LogP contribution is -2.48. The first-order valence-corrected chi connectivity index (χ1v) is 9.38. The van der Waals surface area contributed by atoms with E-state index in [1.54, 1.807) is 18.2 Å². The van der Waals surface area contributed by atoms with Crippen LogP contribution in [-0.2, 0) is 21.5 Å². The van der Waals surface area contributed by atoms with Crippen molar-refractivity contribution in [2.75, 3.05) is 13.1 Å². The second kappa shape index (κ2) is 8.73. The number of hydrogen-bond donors (Lipinski definition) is 2. The predicted octanol–water partition coefficient (Wildman–Crippen LogP) is 3.21. The Kier molecular flexibility index (Phi) is 6.92. The van der Waals surface area contributed by atoms with Crippen LogP contribution < -0.4 is 5.32 Å². The van der Waals surface area contributed by atoms with Gasteiger partial charge in [-0.3, -0.25) is 4.55 Å². The minimum atomic E-state index is -4.02. The van der Waals surface area contributed by atoms with Gasteiger partial charge in [0.15, 0.2) is 0 Å². The van der Waals surface area contributed by atoms with Crippen LogP contribution >= 0.6 is 11.6 Å². The molecule has 1 fully saturated rings. The molecular formula is C17H19ClFNO4S. The molecule has 0 amide bonds. The van der Waals surface area contributed by atoms with E-state index in [-0.39, 0.29) is 16.8 Å². The molecule has 0 aliphatic carbocycles. The van der Waals surface area contributed by atoms with Crippen molar-refractivity contribution in [2.45, 2.75) is 24.5 Å². The molecule has 0 bridgehead atoms. The molecule has 1 aliphatic heterocycles. The SMILES string of the molecule is Cc1ccc(S(=O)(=O)O)cc1.Fc1ccc(COC2CNC2)c(Cl)c1. The normalized spacial score (nSPS) is 14.4. The predicted molar refractivity (Wildman–Crippen MR) is 93.9 cm³/mol. The molecule has 1 heterocycles. The Morgan fingerprint density at radius 3 is 2.36 bits per heavy atom. The van der Waals surface area contributed by atoms with E-state index in [4.69, 9.17) is 20.9 Å². The Balaban J connectivity index is 0.000000186. The second-order valence-corrected chi connectivity index (χ2v) is 7.44. The summed E-state index contributed by atoms with van der Waals surface area (Å²) in [7, 11) is -4.02. The summed E-state index contributed by atoms with van der Waals surface area (Å²) in [6, 6.07) is 10.3. The minimum Gasteiger partial charge on any atom is -0.371 e. The molecule has 2 aromatic carbocycles. The van der Waals surface area contributed by atoms with Crippen LogP contribution in [0.2, 0.25) is 5.02 Å². The smallest absolute Gasteiger partial charge is 0.294 e. The van der Waals surface area contributed by atoms with E-state index >= 15 is 0 Å². The van der Waals surface area contributed by atoms with Gasteiger partial charge in [0, 0.05) is 18.1 Å². The highest BCUT2D eigenvalue weighted by atomic mass is 35.5. The second-order valence-electron chi connectivity index (χ2n) is 5.62. The first-order valence-electron chi connectivity index (χ1n) is 7.56. The summed E-state index contributed by atoms with van der Waals surface area (Å²) < 4.78 is 47.8. The van der Waals surface area contributed by atoms with Crippen molar-refractivity contribution in [2.24, 2.45) is 0 Å². The van der Waals surface area contributed by atoms with Gasteiger partial charge in [0.1, 0.15) is 5.82 Å². The zero-order chi connectivity index (χ0) is 18.4. The highest BCUT2D eigenvalue weighted by Gasteiger charge is 2.17. The molecule has 2 aromatic rings. The van der Waals surface area contributed by atoms with Crippen LogP contribution in [0.3, 0.4) is 0 Å². The summed E-state index contributed by atoms with van der Waals surface area (Å²) in [5.74, 6) is -0.316. The molecule has 5 nitrogen and oxygen atoms in total. The van der Waals surface area contributed by atoms with Crippen molar-refractivity contribution in [1.82, 2.24) is 5.32 Å². The van der Waals surface area contributed by atoms with Crippen LogP contribution in [0, 0.1) is 12.7 Å². The van der Waals surface area contributed by atoms with E-state index in [2.05, 4.69) is 5.32 Å². The first-order chi connectivity index (χ1) is 11.8. The summed E-state index contributed by atoms with van der Waals surface area (Å²) >= 11 is 5.84. The van der Waals surface area contributed by atoms with Gasteiger partial charge < -0.3 is 10.1 Å². The summed E-state index contributed by atoms with van der Waals surface area (Å²) in [5.41, 5.74) is 1.79. The Labute approximate surface area is 151 Å². The van der Waals surface area contributed by atoms with Crippen LogP contribution in [-0.4, -0.2) is 32.2 Å². The monoisotopic (exact) mass is 387 g/mol. The van der Waals surface area contributed by atoms with Gasteiger partial charge in [0.2, 0.25) is 0 Å². The standard InChI is InChI=1S/C10H11ClFNO.C7H8O3S/c11-10-3-8(12)2-1-7(10)6-14-9-4-13-5-9;1-6-2-4-7(5-3-6)11(8,9)10/h1-3,9,13H,4-6H2;2-5H,1H3,(H,8,9,10). The number of halogens is 2. The van der Waals surface area contributed by atoms with Gasteiger partial charge in [0.25, 0.3) is 10.1 Å². The van der Waals surface area contributed by atoms with Crippen molar-refractivity contribution in [3.05, 3.63) is 64.4 Å². The van der Waals surface area contributed by atoms with Gasteiger partial charge in [0.05, 0.1) is 17.6 Å². The molecule has 1 saturated heterocycles. The summed E-state index contributed by atoms with van der Waals surface area (Å²) in [5, 5.41) is 3.53. The van der Waals surface area contributed by atoms with Crippen molar-refractivity contribution in [3.63, 3.8) is 0 Å². The average Bonchev–Trinajstić information content (AvgIpc) is 2.48. The quantitative estimate of drug-likeness (QED) is 0.788. The molecule has 0 atom stereocenters. The van der Waals surface area contributed by atoms with Crippen LogP contribution in [0.1, 0.15) is 11.1 Å². The molecule has 2 N–H and O–H groups in total. The third-order valence-corrected chi connectivity index (χ3v) is 4.77. The summed E-state index contributed by atoms with van der Waals surface area (Å²) in [6.45, 7) is 4.07. The van der Waals surface area contributed by atoms with E-state index in [1.165, 1.54) is 24.3 Å². The summed E-state index contributed by atoms with van der Waals surface area (Å²) in [4.78, 5) is -0.0666. The molecular weight excluding hydrogens is 369 g/mol. The molecule has 0 aromatic heterocycles. The number of nitrogens with one attached hydrogen (secondary N) is 1. The maximum atomic E-state index is 12.7. The van der Waals surface area contributed by atoms with Gasteiger partial charge in [-0.25, -0.2) is 4.39 Å². The lowest BCUT2D eigenvalue weighted by Gasteiger charge is -2.27. The molecule has 0 unspecified atom stereocenters. The van der Waals surface area contributed by atoms with Crippen LogP contribution in [0.25, 0.3) is 0 Å². The molecule has 1 aliphatic rings. The molecule has 0 spiro atoms. The highest BCUT2D eigenvalue weighted by Crippen LogP contribution is 2.18.